The minimum absolute atomic E-state index is 0.190. The lowest BCUT2D eigenvalue weighted by Crippen LogP contribution is -2.07. The number of aromatic nitrogens is 3. The quantitative estimate of drug-likeness (QED) is 0.827. The molecule has 0 saturated carbocycles. The topological polar surface area (TPSA) is 42.7 Å². The molecule has 2 heterocycles. The second-order valence-electron chi connectivity index (χ2n) is 3.52. The van der Waals surface area contributed by atoms with Crippen molar-refractivity contribution in [3.63, 3.8) is 0 Å². The average molecular weight is 202 g/mol. The molecule has 0 fully saturated rings. The van der Waals surface area contributed by atoms with Gasteiger partial charge in [-0.1, -0.05) is 6.07 Å². The highest BCUT2D eigenvalue weighted by Gasteiger charge is 2.06. The van der Waals surface area contributed by atoms with Crippen LogP contribution in [-0.4, -0.2) is 14.8 Å². The van der Waals surface area contributed by atoms with Gasteiger partial charge >= 0.3 is 0 Å². The Labute approximate surface area is 89.0 Å². The van der Waals surface area contributed by atoms with Gasteiger partial charge in [-0.3, -0.25) is 9.67 Å². The first-order valence-corrected chi connectivity index (χ1v) is 4.92. The summed E-state index contributed by atoms with van der Waals surface area (Å²) in [5.74, 6) is 0. The van der Waals surface area contributed by atoms with E-state index in [1.807, 2.05) is 31.4 Å². The van der Waals surface area contributed by atoms with Gasteiger partial charge in [0.1, 0.15) is 0 Å². The summed E-state index contributed by atoms with van der Waals surface area (Å²) in [7, 11) is 1.90. The monoisotopic (exact) mass is 202 g/mol. The maximum atomic E-state index is 4.29. The first kappa shape index (κ1) is 9.71. The minimum Gasteiger partial charge on any atom is -0.374 e. The molecule has 0 aliphatic rings. The van der Waals surface area contributed by atoms with Gasteiger partial charge in [-0.05, 0) is 19.1 Å². The van der Waals surface area contributed by atoms with Crippen LogP contribution >= 0.6 is 0 Å². The van der Waals surface area contributed by atoms with Gasteiger partial charge in [0.2, 0.25) is 0 Å². The number of hydrogen-bond donors (Lipinski definition) is 1. The highest BCUT2D eigenvalue weighted by molar-refractivity contribution is 5.40. The Bertz CT molecular complexity index is 421. The first-order chi connectivity index (χ1) is 7.25. The van der Waals surface area contributed by atoms with Gasteiger partial charge in [0, 0.05) is 19.4 Å². The van der Waals surface area contributed by atoms with Crippen molar-refractivity contribution >= 4 is 5.69 Å². The van der Waals surface area contributed by atoms with Gasteiger partial charge in [0.25, 0.3) is 0 Å². The Morgan fingerprint density at radius 1 is 1.40 bits per heavy atom. The molecule has 1 N–H and O–H groups in total. The van der Waals surface area contributed by atoms with Crippen molar-refractivity contribution < 1.29 is 0 Å². The summed E-state index contributed by atoms with van der Waals surface area (Å²) < 4.78 is 1.77. The third kappa shape index (κ3) is 2.34. The second kappa shape index (κ2) is 4.13. The summed E-state index contributed by atoms with van der Waals surface area (Å²) >= 11 is 0. The standard InChI is InChI=1S/C11H14N4/c1-9(11-5-3-4-6-12-11)14-10-7-13-15(2)8-10/h3-9,14H,1-2H3/t9-/m1/s1. The third-order valence-electron chi connectivity index (χ3n) is 2.22. The van der Waals surface area contributed by atoms with Crippen molar-refractivity contribution in [1.29, 1.82) is 0 Å². The van der Waals surface area contributed by atoms with Crippen molar-refractivity contribution in [3.05, 3.63) is 42.5 Å². The van der Waals surface area contributed by atoms with Crippen molar-refractivity contribution in [3.8, 4) is 0 Å². The summed E-state index contributed by atoms with van der Waals surface area (Å²) in [5, 5.41) is 7.43. The molecule has 0 aliphatic carbocycles. The number of anilines is 1. The maximum absolute atomic E-state index is 4.29. The zero-order valence-corrected chi connectivity index (χ0v) is 8.88. The Hall–Kier alpha value is -1.84. The van der Waals surface area contributed by atoms with E-state index in [0.29, 0.717) is 0 Å². The van der Waals surface area contributed by atoms with Gasteiger partial charge in [-0.15, -0.1) is 0 Å². The third-order valence-corrected chi connectivity index (χ3v) is 2.22. The van der Waals surface area contributed by atoms with Gasteiger partial charge in [-0.2, -0.15) is 5.10 Å². The molecule has 0 aromatic carbocycles. The number of nitrogens with zero attached hydrogens (tertiary/aromatic N) is 3. The largest absolute Gasteiger partial charge is 0.374 e. The second-order valence-corrected chi connectivity index (χ2v) is 3.52. The Balaban J connectivity index is 2.07. The Morgan fingerprint density at radius 3 is 2.87 bits per heavy atom. The van der Waals surface area contributed by atoms with Gasteiger partial charge in [-0.25, -0.2) is 0 Å². The van der Waals surface area contributed by atoms with Gasteiger partial charge < -0.3 is 5.32 Å². The van der Waals surface area contributed by atoms with Crippen LogP contribution in [0.4, 0.5) is 5.69 Å². The molecule has 2 aromatic heterocycles. The van der Waals surface area contributed by atoms with E-state index in [-0.39, 0.29) is 6.04 Å². The number of aryl methyl sites for hydroxylation is 1. The van der Waals surface area contributed by atoms with E-state index in [1.165, 1.54) is 0 Å². The SMILES string of the molecule is C[C@@H](Nc1cnn(C)c1)c1ccccn1. The van der Waals surface area contributed by atoms with E-state index < -0.39 is 0 Å². The molecule has 15 heavy (non-hydrogen) atoms. The fourth-order valence-electron chi connectivity index (χ4n) is 1.45. The molecule has 78 valence electrons. The molecule has 4 heteroatoms. The van der Waals surface area contributed by atoms with Crippen molar-refractivity contribution in [2.75, 3.05) is 5.32 Å². The van der Waals surface area contributed by atoms with Crippen molar-refractivity contribution in [2.45, 2.75) is 13.0 Å². The first-order valence-electron chi connectivity index (χ1n) is 4.92. The fourth-order valence-corrected chi connectivity index (χ4v) is 1.45. The molecular formula is C11H14N4. The smallest absolute Gasteiger partial charge is 0.0731 e. The van der Waals surface area contributed by atoms with Crippen molar-refractivity contribution in [1.82, 2.24) is 14.8 Å². The average Bonchev–Trinajstić information content (AvgIpc) is 2.65. The highest BCUT2D eigenvalue weighted by Crippen LogP contribution is 2.15. The van der Waals surface area contributed by atoms with E-state index in [9.17, 15) is 0 Å². The summed E-state index contributed by atoms with van der Waals surface area (Å²) in [4.78, 5) is 4.29. The van der Waals surface area contributed by atoms with Crippen LogP contribution in [0.25, 0.3) is 0 Å². The Kier molecular flexibility index (Phi) is 2.67. The van der Waals surface area contributed by atoms with E-state index >= 15 is 0 Å². The number of nitrogens with one attached hydrogen (secondary N) is 1. The molecule has 0 amide bonds. The van der Waals surface area contributed by atoms with Crippen LogP contribution < -0.4 is 5.32 Å². The van der Waals surface area contributed by atoms with Crippen LogP contribution in [0.2, 0.25) is 0 Å². The van der Waals surface area contributed by atoms with Crippen LogP contribution in [0.1, 0.15) is 18.7 Å². The molecule has 4 nitrogen and oxygen atoms in total. The summed E-state index contributed by atoms with van der Waals surface area (Å²) in [6.07, 6.45) is 5.55. The molecule has 0 radical (unpaired) electrons. The van der Waals surface area contributed by atoms with E-state index in [0.717, 1.165) is 11.4 Å². The Morgan fingerprint density at radius 2 is 2.27 bits per heavy atom. The van der Waals surface area contributed by atoms with Crippen LogP contribution in [-0.2, 0) is 7.05 Å². The zero-order chi connectivity index (χ0) is 10.7. The molecule has 0 bridgehead atoms. The molecular weight excluding hydrogens is 188 g/mol. The summed E-state index contributed by atoms with van der Waals surface area (Å²) in [6, 6.07) is 6.10. The van der Waals surface area contributed by atoms with Crippen molar-refractivity contribution in [2.24, 2.45) is 7.05 Å². The highest BCUT2D eigenvalue weighted by atomic mass is 15.3. The number of rotatable bonds is 3. The normalized spacial score (nSPS) is 12.4. The molecule has 1 atom stereocenters. The maximum Gasteiger partial charge on any atom is 0.0731 e. The lowest BCUT2D eigenvalue weighted by molar-refractivity contribution is 0.767. The number of pyridine rings is 1. The molecule has 0 saturated heterocycles. The van der Waals surface area contributed by atoms with E-state index in [1.54, 1.807) is 17.1 Å². The minimum atomic E-state index is 0.190. The molecule has 2 aromatic rings. The van der Waals surface area contributed by atoms with E-state index in [2.05, 4.69) is 22.3 Å². The van der Waals surface area contributed by atoms with Crippen LogP contribution in [0.15, 0.2) is 36.8 Å². The van der Waals surface area contributed by atoms with Gasteiger partial charge in [0.05, 0.1) is 23.6 Å². The molecule has 2 rings (SSSR count). The number of hydrogen-bond acceptors (Lipinski definition) is 3. The van der Waals surface area contributed by atoms with Gasteiger partial charge in [0.15, 0.2) is 0 Å². The lowest BCUT2D eigenvalue weighted by Gasteiger charge is -2.12. The molecule has 0 spiro atoms. The lowest BCUT2D eigenvalue weighted by atomic mass is 10.2. The molecule has 0 unspecified atom stereocenters. The van der Waals surface area contributed by atoms with E-state index in [4.69, 9.17) is 0 Å². The van der Waals surface area contributed by atoms with Crippen LogP contribution in [0, 0.1) is 0 Å². The zero-order valence-electron chi connectivity index (χ0n) is 8.88. The van der Waals surface area contributed by atoms with Crippen LogP contribution in [0.3, 0.4) is 0 Å². The predicted molar refractivity (Wildman–Crippen MR) is 59.5 cm³/mol. The summed E-state index contributed by atoms with van der Waals surface area (Å²) in [6.45, 7) is 2.08. The van der Waals surface area contributed by atoms with Crippen LogP contribution in [0.5, 0.6) is 0 Å². The summed E-state index contributed by atoms with van der Waals surface area (Å²) in [5.41, 5.74) is 2.04. The fraction of sp³-hybridized carbons (Fsp3) is 0.273. The predicted octanol–water partition coefficient (Wildman–Crippen LogP) is 1.99. The molecule has 0 aliphatic heterocycles.